The Morgan fingerprint density at radius 3 is 2.43 bits per heavy atom. The quantitative estimate of drug-likeness (QED) is 0.644. The van der Waals surface area contributed by atoms with Gasteiger partial charge >= 0.3 is 0 Å². The Morgan fingerprint density at radius 2 is 1.70 bits per heavy atom. The first-order chi connectivity index (χ1) is 14.6. The number of aryl methyl sites for hydroxylation is 2. The molecule has 2 fully saturated rings. The van der Waals surface area contributed by atoms with Gasteiger partial charge in [-0.25, -0.2) is 0 Å². The third-order valence-corrected chi connectivity index (χ3v) is 6.31. The predicted octanol–water partition coefficient (Wildman–Crippen LogP) is 4.47. The fraction of sp³-hybridized carbons (Fsp3) is 0.375. The summed E-state index contributed by atoms with van der Waals surface area (Å²) in [4.78, 5) is 21.5. The molecule has 1 aromatic heterocycles. The minimum atomic E-state index is -0.0794. The molecule has 2 aliphatic heterocycles. The number of rotatable bonds is 4. The third-order valence-electron chi connectivity index (χ3n) is 6.31. The zero-order valence-corrected chi connectivity index (χ0v) is 17.5. The Labute approximate surface area is 176 Å². The molecule has 6 nitrogen and oxygen atoms in total. The van der Waals surface area contributed by atoms with Crippen LogP contribution in [0.2, 0.25) is 0 Å². The van der Waals surface area contributed by atoms with Gasteiger partial charge in [-0.05, 0) is 74.2 Å². The number of nitrogens with zero attached hydrogens (tertiary/aromatic N) is 4. The van der Waals surface area contributed by atoms with Crippen LogP contribution < -0.4 is 9.80 Å². The van der Waals surface area contributed by atoms with Gasteiger partial charge in [-0.15, -0.1) is 0 Å². The molecule has 0 N–H and O–H groups in total. The highest BCUT2D eigenvalue weighted by molar-refractivity contribution is 5.96. The molecule has 1 atom stereocenters. The summed E-state index contributed by atoms with van der Waals surface area (Å²) in [7, 11) is 0. The van der Waals surface area contributed by atoms with E-state index in [2.05, 4.69) is 53.2 Å². The van der Waals surface area contributed by atoms with Gasteiger partial charge in [0, 0.05) is 43.0 Å². The molecule has 3 heterocycles. The maximum absolute atomic E-state index is 12.6. The Hall–Kier alpha value is -3.15. The van der Waals surface area contributed by atoms with Crippen LogP contribution in [0.5, 0.6) is 0 Å². The van der Waals surface area contributed by atoms with E-state index in [1.54, 1.807) is 0 Å². The molecule has 3 aromatic rings. The lowest BCUT2D eigenvalue weighted by atomic mass is 10.1. The van der Waals surface area contributed by atoms with E-state index in [0.717, 1.165) is 24.3 Å². The molecule has 0 saturated carbocycles. The lowest BCUT2D eigenvalue weighted by Crippen LogP contribution is -2.24. The normalized spacial score (nSPS) is 19.1. The molecule has 6 heteroatoms. The molecule has 0 unspecified atom stereocenters. The summed E-state index contributed by atoms with van der Waals surface area (Å²) in [6, 6.07) is 14.5. The Bertz CT molecular complexity index is 1070. The van der Waals surface area contributed by atoms with E-state index in [0.29, 0.717) is 24.7 Å². The van der Waals surface area contributed by atoms with Crippen LogP contribution >= 0.6 is 0 Å². The van der Waals surface area contributed by atoms with E-state index in [9.17, 15) is 4.79 Å². The summed E-state index contributed by atoms with van der Waals surface area (Å²) in [5, 5.41) is 4.18. The monoisotopic (exact) mass is 402 g/mol. The van der Waals surface area contributed by atoms with Crippen molar-refractivity contribution in [1.82, 2.24) is 10.1 Å². The SMILES string of the molecule is Cc1ccc(N2C[C@H](c3nc(-c4ccc(N5CCCC5)cc4)no3)CC2=O)cc1C. The van der Waals surface area contributed by atoms with Crippen molar-refractivity contribution in [3.8, 4) is 11.4 Å². The molecule has 0 spiro atoms. The molecular formula is C24H26N4O2. The Morgan fingerprint density at radius 1 is 0.967 bits per heavy atom. The van der Waals surface area contributed by atoms with Crippen molar-refractivity contribution in [2.75, 3.05) is 29.4 Å². The second-order valence-corrected chi connectivity index (χ2v) is 8.37. The number of anilines is 2. The van der Waals surface area contributed by atoms with Crippen LogP contribution in [0, 0.1) is 13.8 Å². The van der Waals surface area contributed by atoms with E-state index in [1.807, 2.05) is 23.1 Å². The minimum absolute atomic E-state index is 0.0794. The van der Waals surface area contributed by atoms with Crippen LogP contribution in [0.1, 0.15) is 42.2 Å². The van der Waals surface area contributed by atoms with E-state index in [1.165, 1.54) is 29.7 Å². The highest BCUT2D eigenvalue weighted by Gasteiger charge is 2.35. The number of carbonyl (C=O) groups is 1. The number of benzene rings is 2. The molecule has 1 amide bonds. The van der Waals surface area contributed by atoms with Gasteiger partial charge in [0.1, 0.15) is 0 Å². The second kappa shape index (κ2) is 7.59. The molecule has 0 bridgehead atoms. The Balaban J connectivity index is 1.31. The maximum atomic E-state index is 12.6. The minimum Gasteiger partial charge on any atom is -0.372 e. The molecule has 0 aliphatic carbocycles. The van der Waals surface area contributed by atoms with Crippen LogP contribution in [-0.2, 0) is 4.79 Å². The van der Waals surface area contributed by atoms with Crippen molar-refractivity contribution in [2.45, 2.75) is 39.0 Å². The van der Waals surface area contributed by atoms with Crippen molar-refractivity contribution in [1.29, 1.82) is 0 Å². The first-order valence-corrected chi connectivity index (χ1v) is 10.6. The number of hydrogen-bond donors (Lipinski definition) is 0. The van der Waals surface area contributed by atoms with Gasteiger partial charge in [-0.1, -0.05) is 11.2 Å². The van der Waals surface area contributed by atoms with Gasteiger partial charge in [0.05, 0.1) is 5.92 Å². The molecule has 154 valence electrons. The summed E-state index contributed by atoms with van der Waals surface area (Å²) in [6.07, 6.45) is 2.91. The molecule has 2 aliphatic rings. The summed E-state index contributed by atoms with van der Waals surface area (Å²) in [6.45, 7) is 6.95. The van der Waals surface area contributed by atoms with Gasteiger partial charge in [0.25, 0.3) is 0 Å². The first-order valence-electron chi connectivity index (χ1n) is 10.6. The van der Waals surface area contributed by atoms with Crippen LogP contribution in [0.4, 0.5) is 11.4 Å². The molecule has 5 rings (SSSR count). The standard InChI is InChI=1S/C24H26N4O2/c1-16-5-8-21(13-17(16)2)28-15-19(14-22(28)29)24-25-23(26-30-24)18-6-9-20(10-7-18)27-11-3-4-12-27/h5-10,13,19H,3-4,11-12,14-15H2,1-2H3/t19-/m1/s1. The maximum Gasteiger partial charge on any atom is 0.232 e. The fourth-order valence-electron chi connectivity index (χ4n) is 4.33. The van der Waals surface area contributed by atoms with Gasteiger partial charge < -0.3 is 14.3 Å². The van der Waals surface area contributed by atoms with E-state index in [4.69, 9.17) is 4.52 Å². The number of hydrogen-bond acceptors (Lipinski definition) is 5. The molecule has 0 radical (unpaired) electrons. The average Bonchev–Trinajstić information content (AvgIpc) is 3.51. The van der Waals surface area contributed by atoms with Gasteiger partial charge in [-0.3, -0.25) is 4.79 Å². The number of carbonyl (C=O) groups excluding carboxylic acids is 1. The fourth-order valence-corrected chi connectivity index (χ4v) is 4.33. The molecule has 2 aromatic carbocycles. The van der Waals surface area contributed by atoms with E-state index >= 15 is 0 Å². The highest BCUT2D eigenvalue weighted by atomic mass is 16.5. The zero-order valence-electron chi connectivity index (χ0n) is 17.5. The summed E-state index contributed by atoms with van der Waals surface area (Å²) in [5.41, 5.74) is 5.51. The van der Waals surface area contributed by atoms with Crippen LogP contribution in [0.3, 0.4) is 0 Å². The second-order valence-electron chi connectivity index (χ2n) is 8.37. The van der Waals surface area contributed by atoms with E-state index in [-0.39, 0.29) is 11.8 Å². The summed E-state index contributed by atoms with van der Waals surface area (Å²) < 4.78 is 5.56. The number of aromatic nitrogens is 2. The zero-order chi connectivity index (χ0) is 20.7. The van der Waals surface area contributed by atoms with Crippen molar-refractivity contribution >= 4 is 17.3 Å². The molecular weight excluding hydrogens is 376 g/mol. The average molecular weight is 402 g/mol. The molecule has 30 heavy (non-hydrogen) atoms. The van der Waals surface area contributed by atoms with Crippen molar-refractivity contribution < 1.29 is 9.32 Å². The van der Waals surface area contributed by atoms with Gasteiger partial charge in [-0.2, -0.15) is 4.98 Å². The lowest BCUT2D eigenvalue weighted by molar-refractivity contribution is -0.117. The van der Waals surface area contributed by atoms with Crippen LogP contribution in [0.15, 0.2) is 47.0 Å². The summed E-state index contributed by atoms with van der Waals surface area (Å²) in [5.74, 6) is 1.13. The largest absolute Gasteiger partial charge is 0.372 e. The number of amides is 1. The van der Waals surface area contributed by atoms with Crippen molar-refractivity contribution in [2.24, 2.45) is 0 Å². The summed E-state index contributed by atoms with van der Waals surface area (Å²) >= 11 is 0. The lowest BCUT2D eigenvalue weighted by Gasteiger charge is -2.17. The first kappa shape index (κ1) is 18.9. The van der Waals surface area contributed by atoms with Gasteiger partial charge in [0.2, 0.25) is 17.6 Å². The third kappa shape index (κ3) is 3.47. The van der Waals surface area contributed by atoms with Crippen LogP contribution in [-0.4, -0.2) is 35.7 Å². The molecule has 2 saturated heterocycles. The smallest absolute Gasteiger partial charge is 0.232 e. The van der Waals surface area contributed by atoms with E-state index < -0.39 is 0 Å². The highest BCUT2D eigenvalue weighted by Crippen LogP contribution is 2.33. The van der Waals surface area contributed by atoms with Crippen molar-refractivity contribution in [3.63, 3.8) is 0 Å². The van der Waals surface area contributed by atoms with Crippen molar-refractivity contribution in [3.05, 3.63) is 59.5 Å². The Kier molecular flexibility index (Phi) is 4.77. The van der Waals surface area contributed by atoms with Crippen LogP contribution in [0.25, 0.3) is 11.4 Å². The van der Waals surface area contributed by atoms with Gasteiger partial charge in [0.15, 0.2) is 0 Å². The topological polar surface area (TPSA) is 62.5 Å². The predicted molar refractivity (Wildman–Crippen MR) is 117 cm³/mol.